The van der Waals surface area contributed by atoms with Gasteiger partial charge in [-0.05, 0) is 48.5 Å². The second-order valence-corrected chi connectivity index (χ2v) is 7.13. The maximum Gasteiger partial charge on any atom is 0.0205 e. The van der Waals surface area contributed by atoms with Crippen molar-refractivity contribution in [2.75, 3.05) is 26.2 Å². The van der Waals surface area contributed by atoms with Gasteiger partial charge in [-0.3, -0.25) is 0 Å². The van der Waals surface area contributed by atoms with E-state index in [0.29, 0.717) is 0 Å². The standard InChI is InChI=1S/C18H30N2/c1-5-20-11-10-16(14-20)13-19-12-15-6-8-17(9-7-15)18(2,3)4/h6-9,16,19H,5,10-14H2,1-4H3. The first-order valence-electron chi connectivity index (χ1n) is 8.01. The summed E-state index contributed by atoms with van der Waals surface area (Å²) < 4.78 is 0. The van der Waals surface area contributed by atoms with E-state index in [1.807, 2.05) is 0 Å². The average molecular weight is 274 g/mol. The molecule has 0 aliphatic carbocycles. The molecule has 0 bridgehead atoms. The fourth-order valence-electron chi connectivity index (χ4n) is 2.91. The van der Waals surface area contributed by atoms with E-state index in [1.54, 1.807) is 0 Å². The van der Waals surface area contributed by atoms with Gasteiger partial charge in [-0.25, -0.2) is 0 Å². The van der Waals surface area contributed by atoms with Crippen LogP contribution in [0.1, 0.15) is 45.2 Å². The summed E-state index contributed by atoms with van der Waals surface area (Å²) in [7, 11) is 0. The molecule has 2 heteroatoms. The Labute approximate surface area is 124 Å². The SMILES string of the molecule is CCN1CCC(CNCc2ccc(C(C)(C)C)cc2)C1. The third kappa shape index (κ3) is 4.32. The van der Waals surface area contributed by atoms with E-state index in [1.165, 1.54) is 37.2 Å². The number of benzene rings is 1. The zero-order valence-electron chi connectivity index (χ0n) is 13.6. The molecule has 1 aromatic carbocycles. The van der Waals surface area contributed by atoms with E-state index in [4.69, 9.17) is 0 Å². The molecule has 1 heterocycles. The van der Waals surface area contributed by atoms with Crippen molar-refractivity contribution in [1.29, 1.82) is 0 Å². The van der Waals surface area contributed by atoms with Crippen molar-refractivity contribution >= 4 is 0 Å². The smallest absolute Gasteiger partial charge is 0.0205 e. The molecule has 1 aliphatic heterocycles. The van der Waals surface area contributed by atoms with Gasteiger partial charge in [0.25, 0.3) is 0 Å². The molecular formula is C18H30N2. The Morgan fingerprint density at radius 3 is 2.45 bits per heavy atom. The second kappa shape index (κ2) is 6.73. The van der Waals surface area contributed by atoms with Gasteiger partial charge in [0.15, 0.2) is 0 Å². The molecule has 0 spiro atoms. The van der Waals surface area contributed by atoms with Crippen LogP contribution in [0.2, 0.25) is 0 Å². The van der Waals surface area contributed by atoms with Gasteiger partial charge in [-0.2, -0.15) is 0 Å². The minimum atomic E-state index is 0.249. The number of rotatable bonds is 5. The Morgan fingerprint density at radius 1 is 1.20 bits per heavy atom. The summed E-state index contributed by atoms with van der Waals surface area (Å²) in [6.45, 7) is 14.9. The zero-order chi connectivity index (χ0) is 14.6. The lowest BCUT2D eigenvalue weighted by atomic mass is 9.87. The molecule has 20 heavy (non-hydrogen) atoms. The van der Waals surface area contributed by atoms with Gasteiger partial charge < -0.3 is 10.2 Å². The highest BCUT2D eigenvalue weighted by Gasteiger charge is 2.20. The molecular weight excluding hydrogens is 244 g/mol. The van der Waals surface area contributed by atoms with Gasteiger partial charge in [0.2, 0.25) is 0 Å². The molecule has 1 aliphatic rings. The highest BCUT2D eigenvalue weighted by atomic mass is 15.1. The molecule has 1 aromatic rings. The topological polar surface area (TPSA) is 15.3 Å². The predicted molar refractivity (Wildman–Crippen MR) is 87.1 cm³/mol. The average Bonchev–Trinajstić information content (AvgIpc) is 2.86. The normalized spacial score (nSPS) is 20.5. The molecule has 1 N–H and O–H groups in total. The van der Waals surface area contributed by atoms with E-state index in [2.05, 4.69) is 62.2 Å². The molecule has 0 radical (unpaired) electrons. The summed E-state index contributed by atoms with van der Waals surface area (Å²) in [4.78, 5) is 2.55. The van der Waals surface area contributed by atoms with Gasteiger partial charge in [0.1, 0.15) is 0 Å². The van der Waals surface area contributed by atoms with Crippen LogP contribution in [0.15, 0.2) is 24.3 Å². The van der Waals surface area contributed by atoms with Crippen LogP contribution in [0, 0.1) is 5.92 Å². The Kier molecular flexibility index (Phi) is 5.22. The first-order valence-corrected chi connectivity index (χ1v) is 8.01. The number of nitrogens with zero attached hydrogens (tertiary/aromatic N) is 1. The van der Waals surface area contributed by atoms with E-state index < -0.39 is 0 Å². The number of hydrogen-bond acceptors (Lipinski definition) is 2. The summed E-state index contributed by atoms with van der Waals surface area (Å²) in [6, 6.07) is 9.07. The molecule has 1 unspecified atom stereocenters. The van der Waals surface area contributed by atoms with Crippen LogP contribution in [-0.4, -0.2) is 31.1 Å². The van der Waals surface area contributed by atoms with Crippen molar-refractivity contribution in [3.05, 3.63) is 35.4 Å². The molecule has 1 fully saturated rings. The summed E-state index contributed by atoms with van der Waals surface area (Å²) >= 11 is 0. The maximum absolute atomic E-state index is 3.62. The van der Waals surface area contributed by atoms with Crippen LogP contribution < -0.4 is 5.32 Å². The first kappa shape index (κ1) is 15.5. The van der Waals surface area contributed by atoms with Crippen molar-refractivity contribution in [3.8, 4) is 0 Å². The molecule has 1 atom stereocenters. The second-order valence-electron chi connectivity index (χ2n) is 7.13. The minimum Gasteiger partial charge on any atom is -0.312 e. The highest BCUT2D eigenvalue weighted by Crippen LogP contribution is 2.22. The van der Waals surface area contributed by atoms with E-state index in [9.17, 15) is 0 Å². The lowest BCUT2D eigenvalue weighted by Gasteiger charge is -2.19. The summed E-state index contributed by atoms with van der Waals surface area (Å²) in [6.07, 6.45) is 1.35. The van der Waals surface area contributed by atoms with Crippen molar-refractivity contribution < 1.29 is 0 Å². The Balaban J connectivity index is 1.75. The van der Waals surface area contributed by atoms with Crippen LogP contribution >= 0.6 is 0 Å². The lowest BCUT2D eigenvalue weighted by Crippen LogP contribution is -2.26. The van der Waals surface area contributed by atoms with Crippen molar-refractivity contribution in [2.24, 2.45) is 5.92 Å². The van der Waals surface area contributed by atoms with Crippen LogP contribution in [-0.2, 0) is 12.0 Å². The van der Waals surface area contributed by atoms with Crippen LogP contribution in [0.5, 0.6) is 0 Å². The molecule has 0 aromatic heterocycles. The fraction of sp³-hybridized carbons (Fsp3) is 0.667. The molecule has 112 valence electrons. The third-order valence-corrected chi connectivity index (χ3v) is 4.40. The van der Waals surface area contributed by atoms with Gasteiger partial charge in [-0.1, -0.05) is 52.0 Å². The van der Waals surface area contributed by atoms with Gasteiger partial charge >= 0.3 is 0 Å². The van der Waals surface area contributed by atoms with Gasteiger partial charge in [0, 0.05) is 13.1 Å². The Morgan fingerprint density at radius 2 is 1.90 bits per heavy atom. The Hall–Kier alpha value is -0.860. The predicted octanol–water partition coefficient (Wildman–Crippen LogP) is 3.42. The summed E-state index contributed by atoms with van der Waals surface area (Å²) in [5, 5.41) is 3.62. The van der Waals surface area contributed by atoms with Crippen molar-refractivity contribution in [2.45, 2.75) is 46.1 Å². The number of nitrogens with one attached hydrogen (secondary N) is 1. The summed E-state index contributed by atoms with van der Waals surface area (Å²) in [5.41, 5.74) is 3.05. The molecule has 2 rings (SSSR count). The van der Waals surface area contributed by atoms with Gasteiger partial charge in [-0.15, -0.1) is 0 Å². The Bertz CT molecular complexity index is 402. The van der Waals surface area contributed by atoms with Gasteiger partial charge in [0.05, 0.1) is 0 Å². The van der Waals surface area contributed by atoms with E-state index in [-0.39, 0.29) is 5.41 Å². The molecule has 2 nitrogen and oxygen atoms in total. The van der Waals surface area contributed by atoms with Crippen molar-refractivity contribution in [3.63, 3.8) is 0 Å². The third-order valence-electron chi connectivity index (χ3n) is 4.40. The monoisotopic (exact) mass is 274 g/mol. The van der Waals surface area contributed by atoms with Crippen LogP contribution in [0.3, 0.4) is 0 Å². The molecule has 1 saturated heterocycles. The largest absolute Gasteiger partial charge is 0.312 e. The zero-order valence-corrected chi connectivity index (χ0v) is 13.6. The quantitative estimate of drug-likeness (QED) is 0.885. The highest BCUT2D eigenvalue weighted by molar-refractivity contribution is 5.27. The first-order chi connectivity index (χ1) is 9.49. The van der Waals surface area contributed by atoms with E-state index >= 15 is 0 Å². The van der Waals surface area contributed by atoms with Crippen LogP contribution in [0.25, 0.3) is 0 Å². The molecule has 0 saturated carbocycles. The lowest BCUT2D eigenvalue weighted by molar-refractivity contribution is 0.339. The van der Waals surface area contributed by atoms with E-state index in [0.717, 1.165) is 19.0 Å². The van der Waals surface area contributed by atoms with Crippen LogP contribution in [0.4, 0.5) is 0 Å². The maximum atomic E-state index is 3.62. The van der Waals surface area contributed by atoms with Crippen molar-refractivity contribution in [1.82, 2.24) is 10.2 Å². The summed E-state index contributed by atoms with van der Waals surface area (Å²) in [5.74, 6) is 0.837. The number of hydrogen-bond donors (Lipinski definition) is 1. The number of likely N-dealkylation sites (tertiary alicyclic amines) is 1. The minimum absolute atomic E-state index is 0.249. The molecule has 0 amide bonds. The fourth-order valence-corrected chi connectivity index (χ4v) is 2.91.